The summed E-state index contributed by atoms with van der Waals surface area (Å²) in [5.74, 6) is -0.151. The maximum atomic E-state index is 11.2. The smallest absolute Gasteiger partial charge is 0.265 e. The summed E-state index contributed by atoms with van der Waals surface area (Å²) in [7, 11) is -3.90. The van der Waals surface area contributed by atoms with Crippen LogP contribution in [0.4, 0.5) is 0 Å². The summed E-state index contributed by atoms with van der Waals surface area (Å²) in [6.45, 7) is 12.8. The van der Waals surface area contributed by atoms with Gasteiger partial charge in [-0.1, -0.05) is 39.5 Å². The number of quaternary nitrogens is 1. The Labute approximate surface area is 174 Å². The molecule has 0 aliphatic heterocycles. The van der Waals surface area contributed by atoms with Crippen LogP contribution in [0.15, 0.2) is 0 Å². The van der Waals surface area contributed by atoms with Crippen LogP contribution >= 0.6 is 0 Å². The third-order valence-corrected chi connectivity index (χ3v) is 6.10. The highest BCUT2D eigenvalue weighted by atomic mass is 32.2. The standard InChI is InChI=1S/C21H45NO5S/c1-4-7-9-11-14-22(15-12-10-8-5-2,16-13-21-28(23,24)25)17-18-27-20-19-26-6-3/h4-21H2,1-3H3/p+1. The second-order valence-corrected chi connectivity index (χ2v) is 9.38. The summed E-state index contributed by atoms with van der Waals surface area (Å²) in [6, 6.07) is 0. The van der Waals surface area contributed by atoms with E-state index in [2.05, 4.69) is 13.8 Å². The molecule has 0 aliphatic rings. The zero-order valence-corrected chi connectivity index (χ0v) is 19.5. The number of hydrogen-bond donors (Lipinski definition) is 1. The molecule has 7 heteroatoms. The van der Waals surface area contributed by atoms with Gasteiger partial charge in [-0.25, -0.2) is 0 Å². The zero-order chi connectivity index (χ0) is 21.1. The summed E-state index contributed by atoms with van der Waals surface area (Å²) in [4.78, 5) is 0. The molecule has 0 spiro atoms. The van der Waals surface area contributed by atoms with Gasteiger partial charge in [-0.3, -0.25) is 4.55 Å². The molecule has 0 atom stereocenters. The third-order valence-electron chi connectivity index (χ3n) is 5.29. The molecule has 0 fully saturated rings. The SMILES string of the molecule is CCCCCC[N+](CCCCCC)(CCCS(=O)(=O)O)CCOCCOCC. The molecule has 0 aromatic rings. The van der Waals surface area contributed by atoms with Crippen molar-refractivity contribution in [2.75, 3.05) is 58.4 Å². The van der Waals surface area contributed by atoms with E-state index in [4.69, 9.17) is 14.0 Å². The van der Waals surface area contributed by atoms with E-state index in [1.54, 1.807) is 0 Å². The average Bonchev–Trinajstić information content (AvgIpc) is 2.64. The Bertz CT molecular complexity index is 430. The van der Waals surface area contributed by atoms with Crippen LogP contribution in [-0.4, -0.2) is 75.8 Å². The lowest BCUT2D eigenvalue weighted by Gasteiger charge is -2.39. The first-order valence-electron chi connectivity index (χ1n) is 11.3. The van der Waals surface area contributed by atoms with Crippen molar-refractivity contribution in [3.63, 3.8) is 0 Å². The molecule has 0 saturated carbocycles. The van der Waals surface area contributed by atoms with Gasteiger partial charge >= 0.3 is 0 Å². The quantitative estimate of drug-likeness (QED) is 0.169. The molecule has 0 radical (unpaired) electrons. The monoisotopic (exact) mass is 424 g/mol. The van der Waals surface area contributed by atoms with Gasteiger partial charge in [0.2, 0.25) is 0 Å². The third kappa shape index (κ3) is 16.7. The molecule has 0 aromatic heterocycles. The molecule has 0 unspecified atom stereocenters. The lowest BCUT2D eigenvalue weighted by atomic mass is 10.1. The predicted octanol–water partition coefficient (Wildman–Crippen LogP) is 4.29. The first-order valence-corrected chi connectivity index (χ1v) is 13.0. The van der Waals surface area contributed by atoms with Crippen molar-refractivity contribution in [1.29, 1.82) is 0 Å². The fourth-order valence-corrected chi connectivity index (χ4v) is 4.12. The normalized spacial score (nSPS) is 12.6. The first-order chi connectivity index (χ1) is 13.4. The van der Waals surface area contributed by atoms with Gasteiger partial charge < -0.3 is 14.0 Å². The Hall–Kier alpha value is -0.210. The Morgan fingerprint density at radius 2 is 1.21 bits per heavy atom. The highest BCUT2D eigenvalue weighted by Gasteiger charge is 2.27. The van der Waals surface area contributed by atoms with E-state index >= 15 is 0 Å². The van der Waals surface area contributed by atoms with Crippen LogP contribution in [0.2, 0.25) is 0 Å². The Morgan fingerprint density at radius 1 is 0.679 bits per heavy atom. The Balaban J connectivity index is 4.82. The van der Waals surface area contributed by atoms with Gasteiger partial charge in [0.05, 0.1) is 45.2 Å². The van der Waals surface area contributed by atoms with Crippen LogP contribution in [-0.2, 0) is 19.6 Å². The van der Waals surface area contributed by atoms with Gasteiger partial charge in [0.1, 0.15) is 6.54 Å². The predicted molar refractivity (Wildman–Crippen MR) is 116 cm³/mol. The lowest BCUT2D eigenvalue weighted by molar-refractivity contribution is -0.929. The van der Waals surface area contributed by atoms with E-state index in [1.807, 2.05) is 6.92 Å². The number of ether oxygens (including phenoxy) is 2. The van der Waals surface area contributed by atoms with E-state index in [0.717, 1.165) is 43.5 Å². The van der Waals surface area contributed by atoms with Crippen molar-refractivity contribution in [2.45, 2.75) is 78.6 Å². The molecule has 0 saturated heterocycles. The maximum Gasteiger partial charge on any atom is 0.265 e. The van der Waals surface area contributed by atoms with Gasteiger partial charge in [0, 0.05) is 13.0 Å². The van der Waals surface area contributed by atoms with Crippen molar-refractivity contribution in [3.8, 4) is 0 Å². The molecule has 1 N–H and O–H groups in total. The second kappa shape index (κ2) is 17.6. The van der Waals surface area contributed by atoms with E-state index in [1.165, 1.54) is 38.5 Å². The number of hydrogen-bond acceptors (Lipinski definition) is 4. The highest BCUT2D eigenvalue weighted by molar-refractivity contribution is 7.85. The van der Waals surface area contributed by atoms with Crippen LogP contribution < -0.4 is 0 Å². The molecule has 170 valence electrons. The summed E-state index contributed by atoms with van der Waals surface area (Å²) >= 11 is 0. The molecule has 0 bridgehead atoms. The molecule has 0 aromatic carbocycles. The van der Waals surface area contributed by atoms with Crippen LogP contribution in [0.25, 0.3) is 0 Å². The topological polar surface area (TPSA) is 72.8 Å². The van der Waals surface area contributed by atoms with Gasteiger partial charge in [-0.15, -0.1) is 0 Å². The lowest BCUT2D eigenvalue weighted by Crippen LogP contribution is -2.52. The zero-order valence-electron chi connectivity index (χ0n) is 18.7. The van der Waals surface area contributed by atoms with Crippen LogP contribution in [0, 0.1) is 0 Å². The summed E-state index contributed by atoms with van der Waals surface area (Å²) in [5, 5.41) is 0. The van der Waals surface area contributed by atoms with Crippen LogP contribution in [0.5, 0.6) is 0 Å². The molecule has 0 heterocycles. The Kier molecular flexibility index (Phi) is 17.5. The molecule has 28 heavy (non-hydrogen) atoms. The van der Waals surface area contributed by atoms with E-state index < -0.39 is 10.1 Å². The molecule has 0 amide bonds. The van der Waals surface area contributed by atoms with Gasteiger partial charge in [0.15, 0.2) is 0 Å². The summed E-state index contributed by atoms with van der Waals surface area (Å²) in [5.41, 5.74) is 0. The largest absolute Gasteiger partial charge is 0.379 e. The van der Waals surface area contributed by atoms with Crippen molar-refractivity contribution < 1.29 is 26.9 Å². The minimum absolute atomic E-state index is 0.151. The van der Waals surface area contributed by atoms with Crippen molar-refractivity contribution in [3.05, 3.63) is 0 Å². The molecule has 0 rings (SSSR count). The minimum Gasteiger partial charge on any atom is -0.379 e. The molecule has 0 aliphatic carbocycles. The number of nitrogens with zero attached hydrogens (tertiary/aromatic N) is 1. The molecular weight excluding hydrogens is 378 g/mol. The van der Waals surface area contributed by atoms with E-state index in [9.17, 15) is 8.42 Å². The molecular formula is C21H46NO5S+. The van der Waals surface area contributed by atoms with E-state index in [-0.39, 0.29) is 5.75 Å². The maximum absolute atomic E-state index is 11.2. The number of rotatable bonds is 21. The Morgan fingerprint density at radius 3 is 1.71 bits per heavy atom. The van der Waals surface area contributed by atoms with Crippen LogP contribution in [0.3, 0.4) is 0 Å². The summed E-state index contributed by atoms with van der Waals surface area (Å²) < 4.78 is 43.5. The second-order valence-electron chi connectivity index (χ2n) is 7.81. The minimum atomic E-state index is -3.90. The number of unbranched alkanes of at least 4 members (excludes halogenated alkanes) is 6. The molecule has 6 nitrogen and oxygen atoms in total. The average molecular weight is 425 g/mol. The highest BCUT2D eigenvalue weighted by Crippen LogP contribution is 2.16. The first kappa shape index (κ1) is 27.8. The van der Waals surface area contributed by atoms with Gasteiger partial charge in [0.25, 0.3) is 10.1 Å². The van der Waals surface area contributed by atoms with Gasteiger partial charge in [-0.05, 0) is 32.6 Å². The van der Waals surface area contributed by atoms with Crippen molar-refractivity contribution in [1.82, 2.24) is 0 Å². The fourth-order valence-electron chi connectivity index (χ4n) is 3.62. The van der Waals surface area contributed by atoms with E-state index in [0.29, 0.717) is 32.8 Å². The van der Waals surface area contributed by atoms with Crippen molar-refractivity contribution >= 4 is 10.1 Å². The summed E-state index contributed by atoms with van der Waals surface area (Å²) in [6.07, 6.45) is 10.2. The van der Waals surface area contributed by atoms with Crippen molar-refractivity contribution in [2.24, 2.45) is 0 Å². The fraction of sp³-hybridized carbons (Fsp3) is 1.00. The van der Waals surface area contributed by atoms with Crippen LogP contribution in [0.1, 0.15) is 78.6 Å². The van der Waals surface area contributed by atoms with Gasteiger partial charge in [-0.2, -0.15) is 8.42 Å².